The van der Waals surface area contributed by atoms with Crippen molar-refractivity contribution in [3.8, 4) is 0 Å². The Morgan fingerprint density at radius 2 is 1.50 bits per heavy atom. The second-order valence-electron chi connectivity index (χ2n) is 3.80. The standard InChI is InChI=1S/C14H11Cl2NO/c1-17(10-6-3-2-4-7-10)14(18)13-11(15)8-5-9-12(13)16/h2-9H,1H3. The van der Waals surface area contributed by atoms with E-state index >= 15 is 0 Å². The van der Waals surface area contributed by atoms with E-state index in [4.69, 9.17) is 23.2 Å². The van der Waals surface area contributed by atoms with Crippen molar-refractivity contribution in [2.75, 3.05) is 11.9 Å². The van der Waals surface area contributed by atoms with Gasteiger partial charge in [-0.3, -0.25) is 4.79 Å². The number of nitrogens with zero attached hydrogens (tertiary/aromatic N) is 1. The molecule has 0 fully saturated rings. The summed E-state index contributed by atoms with van der Waals surface area (Å²) in [7, 11) is 1.69. The number of benzene rings is 2. The smallest absolute Gasteiger partial charge is 0.261 e. The third-order valence-corrected chi connectivity index (χ3v) is 3.25. The predicted octanol–water partition coefficient (Wildman–Crippen LogP) is 4.27. The first-order valence-corrected chi connectivity index (χ1v) is 6.14. The molecule has 0 saturated heterocycles. The third-order valence-electron chi connectivity index (χ3n) is 2.62. The fraction of sp³-hybridized carbons (Fsp3) is 0.0714. The lowest BCUT2D eigenvalue weighted by Crippen LogP contribution is -2.26. The Morgan fingerprint density at radius 1 is 0.944 bits per heavy atom. The Balaban J connectivity index is 2.38. The van der Waals surface area contributed by atoms with Crippen LogP contribution in [-0.2, 0) is 0 Å². The molecule has 0 aromatic heterocycles. The minimum absolute atomic E-state index is 0.225. The lowest BCUT2D eigenvalue weighted by Gasteiger charge is -2.18. The Kier molecular flexibility index (Phi) is 3.90. The zero-order valence-electron chi connectivity index (χ0n) is 9.73. The average Bonchev–Trinajstić information content (AvgIpc) is 2.38. The summed E-state index contributed by atoms with van der Waals surface area (Å²) in [6.07, 6.45) is 0. The van der Waals surface area contributed by atoms with E-state index in [1.54, 1.807) is 25.2 Å². The summed E-state index contributed by atoms with van der Waals surface area (Å²) in [6, 6.07) is 14.3. The second-order valence-corrected chi connectivity index (χ2v) is 4.61. The van der Waals surface area contributed by atoms with E-state index in [9.17, 15) is 4.79 Å². The molecule has 1 amide bonds. The summed E-state index contributed by atoms with van der Waals surface area (Å²) >= 11 is 12.0. The molecule has 0 saturated carbocycles. The number of anilines is 1. The highest BCUT2D eigenvalue weighted by molar-refractivity contribution is 6.40. The van der Waals surface area contributed by atoms with Gasteiger partial charge in [0.05, 0.1) is 15.6 Å². The van der Waals surface area contributed by atoms with Crippen molar-refractivity contribution in [3.63, 3.8) is 0 Å². The maximum Gasteiger partial charge on any atom is 0.261 e. The van der Waals surface area contributed by atoms with Crippen LogP contribution < -0.4 is 4.90 Å². The van der Waals surface area contributed by atoms with Crippen LogP contribution in [0.25, 0.3) is 0 Å². The first-order valence-electron chi connectivity index (χ1n) is 5.38. The molecule has 0 heterocycles. The molecule has 2 aromatic carbocycles. The molecular formula is C14H11Cl2NO. The van der Waals surface area contributed by atoms with Crippen LogP contribution in [0.15, 0.2) is 48.5 Å². The Labute approximate surface area is 116 Å². The van der Waals surface area contributed by atoms with Gasteiger partial charge in [-0.05, 0) is 24.3 Å². The average molecular weight is 280 g/mol. The molecule has 0 bridgehead atoms. The van der Waals surface area contributed by atoms with Gasteiger partial charge in [0.15, 0.2) is 0 Å². The van der Waals surface area contributed by atoms with Crippen LogP contribution in [0, 0.1) is 0 Å². The van der Waals surface area contributed by atoms with Crippen molar-refractivity contribution in [3.05, 3.63) is 64.1 Å². The van der Waals surface area contributed by atoms with Crippen LogP contribution in [0.3, 0.4) is 0 Å². The van der Waals surface area contributed by atoms with Crippen molar-refractivity contribution >= 4 is 34.8 Å². The molecule has 2 aromatic rings. The summed E-state index contributed by atoms with van der Waals surface area (Å²) < 4.78 is 0. The molecule has 0 spiro atoms. The molecule has 0 atom stereocenters. The van der Waals surface area contributed by atoms with Gasteiger partial charge in [-0.25, -0.2) is 0 Å². The largest absolute Gasteiger partial charge is 0.311 e. The minimum Gasteiger partial charge on any atom is -0.311 e. The van der Waals surface area contributed by atoms with Crippen molar-refractivity contribution in [2.24, 2.45) is 0 Å². The second kappa shape index (κ2) is 5.42. The molecule has 2 rings (SSSR count). The summed E-state index contributed by atoms with van der Waals surface area (Å²) in [5.74, 6) is -0.225. The van der Waals surface area contributed by atoms with E-state index in [1.807, 2.05) is 30.3 Å². The number of rotatable bonds is 2. The number of carbonyl (C=O) groups is 1. The van der Waals surface area contributed by atoms with Crippen molar-refractivity contribution < 1.29 is 4.79 Å². The van der Waals surface area contributed by atoms with Gasteiger partial charge in [-0.2, -0.15) is 0 Å². The van der Waals surface area contributed by atoms with E-state index in [0.29, 0.717) is 15.6 Å². The molecule has 0 aliphatic carbocycles. The SMILES string of the molecule is CN(C(=O)c1c(Cl)cccc1Cl)c1ccccc1. The summed E-state index contributed by atoms with van der Waals surface area (Å²) in [4.78, 5) is 13.9. The predicted molar refractivity (Wildman–Crippen MR) is 75.6 cm³/mol. The van der Waals surface area contributed by atoms with Crippen LogP contribution in [0.2, 0.25) is 10.0 Å². The van der Waals surface area contributed by atoms with Gasteiger partial charge in [0.2, 0.25) is 0 Å². The zero-order valence-corrected chi connectivity index (χ0v) is 11.2. The van der Waals surface area contributed by atoms with E-state index in [1.165, 1.54) is 4.90 Å². The molecule has 4 heteroatoms. The van der Waals surface area contributed by atoms with Gasteiger partial charge in [0.1, 0.15) is 0 Å². The van der Waals surface area contributed by atoms with Gasteiger partial charge in [0, 0.05) is 12.7 Å². The first kappa shape index (κ1) is 12.9. The maximum absolute atomic E-state index is 12.3. The Morgan fingerprint density at radius 3 is 2.06 bits per heavy atom. The van der Waals surface area contributed by atoms with Crippen LogP contribution in [-0.4, -0.2) is 13.0 Å². The van der Waals surface area contributed by atoms with Crippen molar-refractivity contribution in [2.45, 2.75) is 0 Å². The quantitative estimate of drug-likeness (QED) is 0.804. The molecule has 18 heavy (non-hydrogen) atoms. The highest BCUT2D eigenvalue weighted by Crippen LogP contribution is 2.27. The summed E-state index contributed by atoms with van der Waals surface area (Å²) in [5, 5.41) is 0.713. The Hall–Kier alpha value is -1.51. The summed E-state index contributed by atoms with van der Waals surface area (Å²) in [6.45, 7) is 0. The molecule has 0 aliphatic rings. The normalized spacial score (nSPS) is 10.2. The maximum atomic E-state index is 12.3. The molecule has 0 radical (unpaired) electrons. The van der Waals surface area contributed by atoms with Gasteiger partial charge < -0.3 is 4.90 Å². The fourth-order valence-corrected chi connectivity index (χ4v) is 2.20. The first-order chi connectivity index (χ1) is 8.61. The zero-order chi connectivity index (χ0) is 13.1. The summed E-state index contributed by atoms with van der Waals surface area (Å²) in [5.41, 5.74) is 1.12. The number of amides is 1. The third kappa shape index (κ3) is 2.50. The number of hydrogen-bond donors (Lipinski definition) is 0. The van der Waals surface area contributed by atoms with Gasteiger partial charge in [-0.1, -0.05) is 47.5 Å². The fourth-order valence-electron chi connectivity index (χ4n) is 1.64. The molecule has 2 nitrogen and oxygen atoms in total. The van der Waals surface area contributed by atoms with Crippen LogP contribution in [0.5, 0.6) is 0 Å². The van der Waals surface area contributed by atoms with Crippen molar-refractivity contribution in [1.29, 1.82) is 0 Å². The molecule has 0 aliphatic heterocycles. The van der Waals surface area contributed by atoms with E-state index in [0.717, 1.165) is 5.69 Å². The van der Waals surface area contributed by atoms with Gasteiger partial charge in [-0.15, -0.1) is 0 Å². The minimum atomic E-state index is -0.225. The van der Waals surface area contributed by atoms with Crippen LogP contribution >= 0.6 is 23.2 Å². The Bertz CT molecular complexity index is 549. The highest BCUT2D eigenvalue weighted by Gasteiger charge is 2.19. The topological polar surface area (TPSA) is 20.3 Å². The van der Waals surface area contributed by atoms with E-state index in [2.05, 4.69) is 0 Å². The van der Waals surface area contributed by atoms with E-state index < -0.39 is 0 Å². The molecule has 0 unspecified atom stereocenters. The molecule has 92 valence electrons. The number of hydrogen-bond acceptors (Lipinski definition) is 1. The number of para-hydroxylation sites is 1. The monoisotopic (exact) mass is 279 g/mol. The number of carbonyl (C=O) groups excluding carboxylic acids is 1. The highest BCUT2D eigenvalue weighted by atomic mass is 35.5. The number of halogens is 2. The van der Waals surface area contributed by atoms with Gasteiger partial charge in [0.25, 0.3) is 5.91 Å². The van der Waals surface area contributed by atoms with Crippen molar-refractivity contribution in [1.82, 2.24) is 0 Å². The lowest BCUT2D eigenvalue weighted by atomic mass is 10.2. The van der Waals surface area contributed by atoms with Crippen LogP contribution in [0.4, 0.5) is 5.69 Å². The lowest BCUT2D eigenvalue weighted by molar-refractivity contribution is 0.0993. The van der Waals surface area contributed by atoms with E-state index in [-0.39, 0.29) is 5.91 Å². The molecule has 0 N–H and O–H groups in total. The molecular weight excluding hydrogens is 269 g/mol. The van der Waals surface area contributed by atoms with Gasteiger partial charge >= 0.3 is 0 Å². The van der Waals surface area contributed by atoms with Crippen LogP contribution in [0.1, 0.15) is 10.4 Å².